The van der Waals surface area contributed by atoms with E-state index < -0.39 is 0 Å². The monoisotopic (exact) mass is 232 g/mol. The van der Waals surface area contributed by atoms with E-state index in [-0.39, 0.29) is 11.9 Å². The molecule has 0 bridgehead atoms. The van der Waals surface area contributed by atoms with Crippen molar-refractivity contribution in [2.75, 3.05) is 13.7 Å². The number of esters is 1. The summed E-state index contributed by atoms with van der Waals surface area (Å²) in [6, 6.07) is 8.06. The third-order valence-electron chi connectivity index (χ3n) is 3.08. The summed E-state index contributed by atoms with van der Waals surface area (Å²) >= 11 is 0. The molecule has 1 aliphatic rings. The molecule has 0 saturated carbocycles. The van der Waals surface area contributed by atoms with Crippen LogP contribution in [0, 0.1) is 0 Å². The average Bonchev–Trinajstić information content (AvgIpc) is 2.39. The second-order valence-corrected chi connectivity index (χ2v) is 4.00. The zero-order chi connectivity index (χ0) is 12.3. The fourth-order valence-electron chi connectivity index (χ4n) is 2.22. The average molecular weight is 232 g/mol. The molecule has 3 heteroatoms. The molecule has 1 aromatic rings. The molecule has 3 nitrogen and oxygen atoms in total. The highest BCUT2D eigenvalue weighted by molar-refractivity contribution is 5.90. The molecule has 1 aliphatic heterocycles. The minimum absolute atomic E-state index is 0.0163. The van der Waals surface area contributed by atoms with E-state index in [0.717, 1.165) is 11.1 Å². The molecule has 0 saturated heterocycles. The summed E-state index contributed by atoms with van der Waals surface area (Å²) in [6.45, 7) is 3.00. The first-order valence-electron chi connectivity index (χ1n) is 5.68. The van der Waals surface area contributed by atoms with Crippen LogP contribution in [0.15, 0.2) is 35.9 Å². The van der Waals surface area contributed by atoms with Gasteiger partial charge in [0.15, 0.2) is 0 Å². The van der Waals surface area contributed by atoms with Crippen molar-refractivity contribution in [3.8, 4) is 0 Å². The van der Waals surface area contributed by atoms with Crippen LogP contribution >= 0.6 is 0 Å². The number of hydrogen-bond donors (Lipinski definition) is 0. The maximum absolute atomic E-state index is 11.7. The number of benzene rings is 1. The smallest absolute Gasteiger partial charge is 0.334 e. The van der Waals surface area contributed by atoms with Gasteiger partial charge in [0.25, 0.3) is 0 Å². The third kappa shape index (κ3) is 2.24. The van der Waals surface area contributed by atoms with E-state index in [4.69, 9.17) is 9.47 Å². The van der Waals surface area contributed by atoms with Gasteiger partial charge in [0.1, 0.15) is 0 Å². The summed E-state index contributed by atoms with van der Waals surface area (Å²) in [5, 5.41) is 0. The van der Waals surface area contributed by atoms with Gasteiger partial charge in [0.05, 0.1) is 20.3 Å². The molecule has 90 valence electrons. The topological polar surface area (TPSA) is 35.5 Å². The van der Waals surface area contributed by atoms with Crippen LogP contribution in [-0.2, 0) is 20.9 Å². The van der Waals surface area contributed by atoms with Crippen molar-refractivity contribution in [2.24, 2.45) is 0 Å². The lowest BCUT2D eigenvalue weighted by atomic mass is 9.87. The van der Waals surface area contributed by atoms with Crippen LogP contribution in [0.25, 0.3) is 0 Å². The molecule has 2 rings (SSSR count). The van der Waals surface area contributed by atoms with Gasteiger partial charge in [-0.2, -0.15) is 0 Å². The van der Waals surface area contributed by atoms with Crippen LogP contribution in [-0.4, -0.2) is 19.7 Å². The molecule has 0 spiro atoms. The predicted octanol–water partition coefficient (Wildman–Crippen LogP) is 2.42. The molecule has 1 heterocycles. The summed E-state index contributed by atoms with van der Waals surface area (Å²) in [6.07, 6.45) is 1.81. The summed E-state index contributed by atoms with van der Waals surface area (Å²) < 4.78 is 10.3. The summed E-state index contributed by atoms with van der Waals surface area (Å²) in [7, 11) is 1.40. The highest BCUT2D eigenvalue weighted by atomic mass is 16.5. The number of carbonyl (C=O) groups is 1. The number of methoxy groups -OCH3 is 1. The Hall–Kier alpha value is -1.61. The fourth-order valence-corrected chi connectivity index (χ4v) is 2.22. The normalized spacial score (nSPS) is 19.6. The van der Waals surface area contributed by atoms with E-state index in [0.29, 0.717) is 18.8 Å². The van der Waals surface area contributed by atoms with Crippen molar-refractivity contribution < 1.29 is 14.3 Å². The van der Waals surface area contributed by atoms with Crippen molar-refractivity contribution in [3.63, 3.8) is 0 Å². The molecule has 0 fully saturated rings. The fraction of sp³-hybridized carbons (Fsp3) is 0.357. The van der Waals surface area contributed by atoms with Crippen molar-refractivity contribution in [2.45, 2.75) is 19.4 Å². The minimum Gasteiger partial charge on any atom is -0.466 e. The molecular weight excluding hydrogens is 216 g/mol. The standard InChI is InChI=1S/C14H16O3/c1-3-11(14(15)16-2)13-9-17-8-10-6-4-5-7-12(10)13/h3-7,13H,8-9H2,1-2H3/b11-3+. The van der Waals surface area contributed by atoms with E-state index >= 15 is 0 Å². The van der Waals surface area contributed by atoms with Crippen LogP contribution in [0.3, 0.4) is 0 Å². The number of carbonyl (C=O) groups excluding carboxylic acids is 1. The van der Waals surface area contributed by atoms with Crippen molar-refractivity contribution in [1.29, 1.82) is 0 Å². The van der Waals surface area contributed by atoms with Gasteiger partial charge >= 0.3 is 5.97 Å². The molecule has 0 aliphatic carbocycles. The van der Waals surface area contributed by atoms with E-state index in [1.807, 2.05) is 31.2 Å². The number of rotatable bonds is 2. The SMILES string of the molecule is C/C=C(/C(=O)OC)C1COCc2ccccc21. The van der Waals surface area contributed by atoms with E-state index in [2.05, 4.69) is 6.07 Å². The van der Waals surface area contributed by atoms with Crippen LogP contribution in [0.2, 0.25) is 0 Å². The number of allylic oxidation sites excluding steroid dienone is 1. The van der Waals surface area contributed by atoms with Crippen LogP contribution in [0.5, 0.6) is 0 Å². The van der Waals surface area contributed by atoms with E-state index in [1.54, 1.807) is 0 Å². The van der Waals surface area contributed by atoms with Gasteiger partial charge in [-0.25, -0.2) is 4.79 Å². The van der Waals surface area contributed by atoms with Crippen molar-refractivity contribution >= 4 is 5.97 Å². The Balaban J connectivity index is 2.38. The lowest BCUT2D eigenvalue weighted by Gasteiger charge is -2.26. The highest BCUT2D eigenvalue weighted by Crippen LogP contribution is 2.32. The first-order chi connectivity index (χ1) is 8.27. The Morgan fingerprint density at radius 2 is 2.24 bits per heavy atom. The molecule has 1 unspecified atom stereocenters. The van der Waals surface area contributed by atoms with Gasteiger partial charge in [0, 0.05) is 11.5 Å². The Morgan fingerprint density at radius 3 is 2.94 bits per heavy atom. The molecule has 17 heavy (non-hydrogen) atoms. The number of fused-ring (bicyclic) bond motifs is 1. The van der Waals surface area contributed by atoms with Crippen LogP contribution in [0.1, 0.15) is 24.0 Å². The maximum Gasteiger partial charge on any atom is 0.334 e. The van der Waals surface area contributed by atoms with Gasteiger partial charge in [-0.05, 0) is 18.1 Å². The molecule has 0 amide bonds. The summed E-state index contributed by atoms with van der Waals surface area (Å²) in [5.74, 6) is -0.296. The second-order valence-electron chi connectivity index (χ2n) is 4.00. The van der Waals surface area contributed by atoms with Gasteiger partial charge in [-0.15, -0.1) is 0 Å². The Bertz CT molecular complexity index is 449. The summed E-state index contributed by atoms with van der Waals surface area (Å²) in [4.78, 5) is 11.7. The molecule has 1 aromatic carbocycles. The lowest BCUT2D eigenvalue weighted by Crippen LogP contribution is -2.22. The van der Waals surface area contributed by atoms with Gasteiger partial charge in [0.2, 0.25) is 0 Å². The van der Waals surface area contributed by atoms with Crippen LogP contribution < -0.4 is 0 Å². The number of hydrogen-bond acceptors (Lipinski definition) is 3. The summed E-state index contributed by atoms with van der Waals surface area (Å²) in [5.41, 5.74) is 2.98. The molecular formula is C14H16O3. The first-order valence-corrected chi connectivity index (χ1v) is 5.68. The zero-order valence-corrected chi connectivity index (χ0v) is 10.1. The minimum atomic E-state index is -0.280. The van der Waals surface area contributed by atoms with Gasteiger partial charge < -0.3 is 9.47 Å². The second kappa shape index (κ2) is 5.15. The first kappa shape index (κ1) is 11.9. The largest absolute Gasteiger partial charge is 0.466 e. The predicted molar refractivity (Wildman–Crippen MR) is 64.6 cm³/mol. The van der Waals surface area contributed by atoms with Crippen molar-refractivity contribution in [1.82, 2.24) is 0 Å². The Labute approximate surface area is 101 Å². The molecule has 1 atom stereocenters. The maximum atomic E-state index is 11.7. The van der Waals surface area contributed by atoms with Gasteiger partial charge in [-0.3, -0.25) is 0 Å². The molecule has 0 radical (unpaired) electrons. The zero-order valence-electron chi connectivity index (χ0n) is 10.1. The lowest BCUT2D eigenvalue weighted by molar-refractivity contribution is -0.136. The van der Waals surface area contributed by atoms with Crippen molar-refractivity contribution in [3.05, 3.63) is 47.0 Å². The Kier molecular flexibility index (Phi) is 3.59. The Morgan fingerprint density at radius 1 is 1.47 bits per heavy atom. The molecule has 0 N–H and O–H groups in total. The van der Waals surface area contributed by atoms with E-state index in [1.165, 1.54) is 7.11 Å². The third-order valence-corrected chi connectivity index (χ3v) is 3.08. The number of ether oxygens (including phenoxy) is 2. The molecule has 0 aromatic heterocycles. The van der Waals surface area contributed by atoms with Crippen LogP contribution in [0.4, 0.5) is 0 Å². The highest BCUT2D eigenvalue weighted by Gasteiger charge is 2.27. The van der Waals surface area contributed by atoms with Gasteiger partial charge in [-0.1, -0.05) is 30.3 Å². The quantitative estimate of drug-likeness (QED) is 0.580. The van der Waals surface area contributed by atoms with E-state index in [9.17, 15) is 4.79 Å².